The lowest BCUT2D eigenvalue weighted by Crippen LogP contribution is -2.61. The third-order valence-electron chi connectivity index (χ3n) is 8.69. The molecule has 1 heterocycles. The van der Waals surface area contributed by atoms with Gasteiger partial charge in [-0.15, -0.1) is 6.58 Å². The van der Waals surface area contributed by atoms with Gasteiger partial charge in [0.05, 0.1) is 30.8 Å². The zero-order valence-corrected chi connectivity index (χ0v) is 21.1. The summed E-state index contributed by atoms with van der Waals surface area (Å²) < 4.78 is 17.1. The van der Waals surface area contributed by atoms with E-state index in [1.807, 2.05) is 19.9 Å². The molecule has 1 aliphatic heterocycles. The van der Waals surface area contributed by atoms with Crippen LogP contribution in [-0.4, -0.2) is 76.4 Å². The van der Waals surface area contributed by atoms with E-state index in [2.05, 4.69) is 13.5 Å². The van der Waals surface area contributed by atoms with Crippen molar-refractivity contribution in [1.82, 2.24) is 0 Å². The number of carbonyl (C=O) groups excluding carboxylic acids is 1. The molecule has 194 valence electrons. The lowest BCUT2D eigenvalue weighted by atomic mass is 9.46. The van der Waals surface area contributed by atoms with Crippen LogP contribution in [0.15, 0.2) is 24.3 Å². The molecule has 0 aromatic heterocycles. The molecule has 0 radical (unpaired) electrons. The maximum Gasteiger partial charge on any atom is 0.311 e. The predicted molar refractivity (Wildman–Crippen MR) is 126 cm³/mol. The molecule has 0 unspecified atom stereocenters. The molecule has 3 aliphatic rings. The molecule has 1 saturated carbocycles. The second-order valence-corrected chi connectivity index (χ2v) is 11.2. The van der Waals surface area contributed by atoms with Gasteiger partial charge in [-0.25, -0.2) is 0 Å². The zero-order chi connectivity index (χ0) is 25.5. The molecule has 0 aromatic rings. The van der Waals surface area contributed by atoms with Gasteiger partial charge in [0.25, 0.3) is 0 Å². The van der Waals surface area contributed by atoms with E-state index in [4.69, 9.17) is 14.2 Å². The van der Waals surface area contributed by atoms with Crippen molar-refractivity contribution in [2.75, 3.05) is 13.7 Å². The number of allylic oxidation sites excluding steroid dienone is 1. The Morgan fingerprint density at radius 2 is 1.97 bits per heavy atom. The van der Waals surface area contributed by atoms with Crippen molar-refractivity contribution in [2.45, 2.75) is 96.1 Å². The Morgan fingerprint density at radius 3 is 2.59 bits per heavy atom. The first-order valence-electron chi connectivity index (χ1n) is 12.2. The molecule has 34 heavy (non-hydrogen) atoms. The van der Waals surface area contributed by atoms with Gasteiger partial charge >= 0.3 is 5.97 Å². The van der Waals surface area contributed by atoms with Gasteiger partial charge < -0.3 is 34.6 Å². The fourth-order valence-corrected chi connectivity index (χ4v) is 6.73. The van der Waals surface area contributed by atoms with Crippen molar-refractivity contribution in [1.29, 1.82) is 0 Å². The largest absolute Gasteiger partial charge is 0.469 e. The lowest BCUT2D eigenvalue weighted by Gasteiger charge is -2.59. The number of aliphatic hydroxyl groups is 4. The number of rotatable bonds is 7. The third-order valence-corrected chi connectivity index (χ3v) is 8.69. The first kappa shape index (κ1) is 27.3. The first-order chi connectivity index (χ1) is 15.8. The van der Waals surface area contributed by atoms with Crippen LogP contribution in [0.1, 0.15) is 59.8 Å². The van der Waals surface area contributed by atoms with E-state index in [0.717, 1.165) is 18.4 Å². The van der Waals surface area contributed by atoms with Crippen LogP contribution in [-0.2, 0) is 19.0 Å². The van der Waals surface area contributed by atoms with Gasteiger partial charge in [0.1, 0.15) is 18.3 Å². The Kier molecular flexibility index (Phi) is 8.02. The van der Waals surface area contributed by atoms with Gasteiger partial charge in [0.15, 0.2) is 6.29 Å². The SMILES string of the molecule is C=C[C@](C)(O)CC[C@H]1C(C)=C[C@H](O[C@@H]2OC[C@@H](O)[C@H](O)[C@H]2O)[C@@H]2[C@]1(C)CCC[C@@]2(C)C(=O)OC. The molecule has 1 saturated heterocycles. The highest BCUT2D eigenvalue weighted by Gasteiger charge is 2.61. The van der Waals surface area contributed by atoms with E-state index in [9.17, 15) is 25.2 Å². The average molecular weight is 483 g/mol. The summed E-state index contributed by atoms with van der Waals surface area (Å²) >= 11 is 0. The molecule has 2 aliphatic carbocycles. The van der Waals surface area contributed by atoms with E-state index in [1.165, 1.54) is 7.11 Å². The van der Waals surface area contributed by atoms with E-state index in [-0.39, 0.29) is 29.8 Å². The van der Waals surface area contributed by atoms with Crippen LogP contribution in [0.3, 0.4) is 0 Å². The number of carbonyl (C=O) groups is 1. The van der Waals surface area contributed by atoms with Crippen molar-refractivity contribution in [3.63, 3.8) is 0 Å². The maximum absolute atomic E-state index is 13.1. The number of methoxy groups -OCH3 is 1. The van der Waals surface area contributed by atoms with Crippen LogP contribution >= 0.6 is 0 Å². The zero-order valence-electron chi connectivity index (χ0n) is 21.1. The van der Waals surface area contributed by atoms with Gasteiger partial charge in [0, 0.05) is 5.92 Å². The van der Waals surface area contributed by atoms with E-state index in [1.54, 1.807) is 13.0 Å². The third kappa shape index (κ3) is 4.86. The molecule has 8 heteroatoms. The number of aliphatic hydroxyl groups excluding tert-OH is 3. The Bertz CT molecular complexity index is 794. The Labute approximate surface area is 202 Å². The molecule has 0 amide bonds. The van der Waals surface area contributed by atoms with Crippen molar-refractivity contribution < 1.29 is 39.4 Å². The normalized spacial score (nSPS) is 44.4. The van der Waals surface area contributed by atoms with E-state index in [0.29, 0.717) is 19.3 Å². The Morgan fingerprint density at radius 1 is 1.29 bits per heavy atom. The molecule has 2 fully saturated rings. The van der Waals surface area contributed by atoms with Crippen LogP contribution in [0, 0.1) is 22.7 Å². The van der Waals surface area contributed by atoms with Crippen LogP contribution in [0.2, 0.25) is 0 Å². The summed E-state index contributed by atoms with van der Waals surface area (Å²) in [4.78, 5) is 13.1. The quantitative estimate of drug-likeness (QED) is 0.321. The van der Waals surface area contributed by atoms with Gasteiger partial charge in [-0.2, -0.15) is 0 Å². The minimum atomic E-state index is -1.42. The van der Waals surface area contributed by atoms with Crippen molar-refractivity contribution >= 4 is 5.97 Å². The predicted octanol–water partition coefficient (Wildman–Crippen LogP) is 2.09. The molecular formula is C26H42O8. The van der Waals surface area contributed by atoms with E-state index >= 15 is 0 Å². The average Bonchev–Trinajstić information content (AvgIpc) is 2.78. The molecular weight excluding hydrogens is 440 g/mol. The van der Waals surface area contributed by atoms with Crippen molar-refractivity contribution in [2.24, 2.45) is 22.7 Å². The minimum Gasteiger partial charge on any atom is -0.469 e. The number of hydrogen-bond acceptors (Lipinski definition) is 8. The summed E-state index contributed by atoms with van der Waals surface area (Å²) in [7, 11) is 1.39. The highest BCUT2D eigenvalue weighted by Crippen LogP contribution is 2.62. The lowest BCUT2D eigenvalue weighted by molar-refractivity contribution is -0.292. The first-order valence-corrected chi connectivity index (χ1v) is 12.2. The van der Waals surface area contributed by atoms with Gasteiger partial charge in [-0.3, -0.25) is 4.79 Å². The molecule has 4 N–H and O–H groups in total. The number of ether oxygens (including phenoxy) is 3. The molecule has 0 bridgehead atoms. The van der Waals surface area contributed by atoms with Gasteiger partial charge in [0.2, 0.25) is 0 Å². The van der Waals surface area contributed by atoms with Crippen LogP contribution < -0.4 is 0 Å². The topological polar surface area (TPSA) is 126 Å². The second kappa shape index (κ2) is 9.99. The fraction of sp³-hybridized carbons (Fsp3) is 0.808. The van der Waals surface area contributed by atoms with Crippen LogP contribution in [0.4, 0.5) is 0 Å². The van der Waals surface area contributed by atoms with Gasteiger partial charge in [-0.1, -0.05) is 31.1 Å². The van der Waals surface area contributed by atoms with Crippen LogP contribution in [0.25, 0.3) is 0 Å². The standard InChI is InChI=1S/C26H42O8/c1-7-24(3,31)12-9-16-15(2)13-18(34-22-20(29)19(28)17(27)14-33-22)21-25(16,4)10-8-11-26(21,5)23(30)32-6/h7,13,16-22,27-29,31H,1,8-12,14H2,2-6H3/t16-,17+,18-,19-,20+,21+,22-,24-,25+,26+/m0/s1. The number of esters is 1. The molecule has 0 aromatic carbocycles. The van der Waals surface area contributed by atoms with Crippen LogP contribution in [0.5, 0.6) is 0 Å². The van der Waals surface area contributed by atoms with Crippen molar-refractivity contribution in [3.05, 3.63) is 24.3 Å². The highest BCUT2D eigenvalue weighted by atomic mass is 16.7. The summed E-state index contributed by atoms with van der Waals surface area (Å²) in [6, 6.07) is 0. The van der Waals surface area contributed by atoms with Crippen molar-refractivity contribution in [3.8, 4) is 0 Å². The second-order valence-electron chi connectivity index (χ2n) is 11.2. The summed E-state index contributed by atoms with van der Waals surface area (Å²) in [5.74, 6) is -0.497. The molecule has 0 spiro atoms. The fourth-order valence-electron chi connectivity index (χ4n) is 6.73. The van der Waals surface area contributed by atoms with Gasteiger partial charge in [-0.05, 0) is 57.8 Å². The summed E-state index contributed by atoms with van der Waals surface area (Å²) in [5.41, 5.74) is -1.08. The smallest absolute Gasteiger partial charge is 0.311 e. The summed E-state index contributed by atoms with van der Waals surface area (Å²) in [6.07, 6.45) is 1.43. The number of hydrogen-bond donors (Lipinski definition) is 4. The summed E-state index contributed by atoms with van der Waals surface area (Å²) in [5, 5.41) is 41.0. The monoisotopic (exact) mass is 482 g/mol. The molecule has 10 atom stereocenters. The minimum absolute atomic E-state index is 0.0951. The summed E-state index contributed by atoms with van der Waals surface area (Å²) in [6.45, 7) is 11.5. The molecule has 8 nitrogen and oxygen atoms in total. The number of fused-ring (bicyclic) bond motifs is 1. The van der Waals surface area contributed by atoms with E-state index < -0.39 is 41.7 Å². The highest BCUT2D eigenvalue weighted by molar-refractivity contribution is 5.77. The molecule has 3 rings (SSSR count). The maximum atomic E-state index is 13.1. The Hall–Kier alpha value is -1.29. The Balaban J connectivity index is 2.01.